The second-order valence-electron chi connectivity index (χ2n) is 6.38. The smallest absolute Gasteiger partial charge is 0.305 e. The Kier molecular flexibility index (Phi) is 5.37. The maximum absolute atomic E-state index is 12.7. The van der Waals surface area contributed by atoms with Crippen molar-refractivity contribution >= 4 is 33.0 Å². The maximum Gasteiger partial charge on any atom is 0.305 e. The summed E-state index contributed by atoms with van der Waals surface area (Å²) in [6, 6.07) is 4.15. The Bertz CT molecular complexity index is 1100. The third kappa shape index (κ3) is 3.70. The van der Waals surface area contributed by atoms with Crippen LogP contribution in [0.15, 0.2) is 27.2 Å². The number of nitrogens with zero attached hydrogens (tertiary/aromatic N) is 3. The van der Waals surface area contributed by atoms with Gasteiger partial charge >= 0.3 is 4.87 Å². The number of aromatic nitrogens is 1. The molecular formula is C16H18N4O6S2. The number of nitro benzene ring substituents is 1. The molecule has 0 saturated carbocycles. The summed E-state index contributed by atoms with van der Waals surface area (Å²) in [4.78, 5) is 38.0. The number of aryl methyl sites for hydroxylation is 2. The summed E-state index contributed by atoms with van der Waals surface area (Å²) in [5.41, 5.74) is 0.942. The number of amides is 1. The lowest BCUT2D eigenvalue weighted by molar-refractivity contribution is -0.385. The molecular weight excluding hydrogens is 408 g/mol. The highest BCUT2D eigenvalue weighted by Crippen LogP contribution is 2.24. The Morgan fingerprint density at radius 3 is 2.36 bits per heavy atom. The molecule has 150 valence electrons. The molecule has 10 nitrogen and oxygen atoms in total. The van der Waals surface area contributed by atoms with Crippen LogP contribution in [0.2, 0.25) is 0 Å². The van der Waals surface area contributed by atoms with E-state index < -0.39 is 19.8 Å². The minimum absolute atomic E-state index is 0.0109. The van der Waals surface area contributed by atoms with Crippen LogP contribution in [0.25, 0.3) is 0 Å². The lowest BCUT2D eigenvalue weighted by Crippen LogP contribution is -2.50. The fourth-order valence-electron chi connectivity index (χ4n) is 3.06. The number of hydrogen-bond donors (Lipinski definition) is 1. The quantitative estimate of drug-likeness (QED) is 0.575. The third-order valence-corrected chi connectivity index (χ3v) is 8.00. The van der Waals surface area contributed by atoms with Gasteiger partial charge in [-0.25, -0.2) is 8.42 Å². The first-order valence-corrected chi connectivity index (χ1v) is 10.6. The number of nitrogens with one attached hydrogen (secondary N) is 1. The van der Waals surface area contributed by atoms with Gasteiger partial charge in [-0.15, -0.1) is 0 Å². The van der Waals surface area contributed by atoms with Gasteiger partial charge in [-0.05, 0) is 26.0 Å². The molecule has 12 heteroatoms. The first-order valence-electron chi connectivity index (χ1n) is 8.35. The SMILES string of the molecule is Cc1cc(C(=O)N2CCN(S(=O)(=O)c3sc(=O)[nH]c3C)CC2)ccc1[N+](=O)[O-]. The zero-order valence-electron chi connectivity index (χ0n) is 15.2. The van der Waals surface area contributed by atoms with Crippen LogP contribution < -0.4 is 4.87 Å². The molecule has 1 aromatic heterocycles. The fraction of sp³-hybridized carbons (Fsp3) is 0.375. The fourth-order valence-corrected chi connectivity index (χ4v) is 5.92. The van der Waals surface area contributed by atoms with Crippen LogP contribution in [0.3, 0.4) is 0 Å². The van der Waals surface area contributed by atoms with E-state index in [1.807, 2.05) is 0 Å². The second-order valence-corrected chi connectivity index (χ2v) is 9.50. The van der Waals surface area contributed by atoms with Crippen molar-refractivity contribution in [2.75, 3.05) is 26.2 Å². The molecule has 1 aliphatic heterocycles. The molecule has 0 bridgehead atoms. The summed E-state index contributed by atoms with van der Waals surface area (Å²) in [6.45, 7) is 3.67. The molecule has 1 N–H and O–H groups in total. The molecule has 2 heterocycles. The van der Waals surface area contributed by atoms with Crippen LogP contribution in [-0.4, -0.2) is 59.6 Å². The Labute approximate surface area is 164 Å². The van der Waals surface area contributed by atoms with Crippen molar-refractivity contribution in [1.82, 2.24) is 14.2 Å². The van der Waals surface area contributed by atoms with Gasteiger partial charge in [-0.3, -0.25) is 19.7 Å². The lowest BCUT2D eigenvalue weighted by atomic mass is 10.1. The van der Waals surface area contributed by atoms with E-state index in [0.29, 0.717) is 28.2 Å². The van der Waals surface area contributed by atoms with E-state index in [1.54, 1.807) is 6.92 Å². The van der Waals surface area contributed by atoms with Gasteiger partial charge in [0.05, 0.1) is 4.92 Å². The maximum atomic E-state index is 12.7. The van der Waals surface area contributed by atoms with E-state index in [-0.39, 0.29) is 42.0 Å². The summed E-state index contributed by atoms with van der Waals surface area (Å²) in [6.07, 6.45) is 0. The second kappa shape index (κ2) is 7.45. The highest BCUT2D eigenvalue weighted by atomic mass is 32.2. The zero-order chi connectivity index (χ0) is 20.6. The molecule has 1 saturated heterocycles. The van der Waals surface area contributed by atoms with Crippen LogP contribution in [0.4, 0.5) is 5.69 Å². The van der Waals surface area contributed by atoms with E-state index in [4.69, 9.17) is 0 Å². The summed E-state index contributed by atoms with van der Waals surface area (Å²) < 4.78 is 26.7. The van der Waals surface area contributed by atoms with Gasteiger partial charge in [-0.1, -0.05) is 11.3 Å². The van der Waals surface area contributed by atoms with Crippen molar-refractivity contribution in [3.63, 3.8) is 0 Å². The molecule has 1 aliphatic rings. The first kappa shape index (κ1) is 20.2. The monoisotopic (exact) mass is 426 g/mol. The lowest BCUT2D eigenvalue weighted by Gasteiger charge is -2.33. The van der Waals surface area contributed by atoms with E-state index in [2.05, 4.69) is 4.98 Å². The van der Waals surface area contributed by atoms with E-state index in [1.165, 1.54) is 34.3 Å². The van der Waals surface area contributed by atoms with E-state index in [9.17, 15) is 28.1 Å². The molecule has 0 spiro atoms. The van der Waals surface area contributed by atoms with Gasteiger partial charge in [0.25, 0.3) is 21.6 Å². The standard InChI is InChI=1S/C16H18N4O6S2/c1-10-9-12(3-4-13(10)20(23)24)14(21)18-5-7-19(8-6-18)28(25,26)15-11(2)17-16(22)27-15/h3-4,9H,5-8H2,1-2H3,(H,17,22). The van der Waals surface area contributed by atoms with Gasteiger partial charge < -0.3 is 9.88 Å². The van der Waals surface area contributed by atoms with Crippen molar-refractivity contribution in [2.45, 2.75) is 18.1 Å². The van der Waals surface area contributed by atoms with Gasteiger partial charge in [0, 0.05) is 49.1 Å². The summed E-state index contributed by atoms with van der Waals surface area (Å²) >= 11 is 0.648. The van der Waals surface area contributed by atoms with Crippen molar-refractivity contribution in [2.24, 2.45) is 0 Å². The van der Waals surface area contributed by atoms with Crippen molar-refractivity contribution < 1.29 is 18.1 Å². The largest absolute Gasteiger partial charge is 0.336 e. The Hall–Kier alpha value is -2.57. The molecule has 0 unspecified atom stereocenters. The number of sulfonamides is 1. The van der Waals surface area contributed by atoms with E-state index >= 15 is 0 Å². The predicted molar refractivity (Wildman–Crippen MR) is 102 cm³/mol. The molecule has 3 rings (SSSR count). The van der Waals surface area contributed by atoms with Crippen molar-refractivity contribution in [1.29, 1.82) is 0 Å². The number of thiazole rings is 1. The topological polar surface area (TPSA) is 134 Å². The van der Waals surface area contributed by atoms with Gasteiger partial charge in [0.1, 0.15) is 0 Å². The summed E-state index contributed by atoms with van der Waals surface area (Å²) in [5, 5.41) is 10.9. The molecule has 1 fully saturated rings. The number of H-pyrrole nitrogens is 1. The van der Waals surface area contributed by atoms with Gasteiger partial charge in [-0.2, -0.15) is 4.31 Å². The minimum Gasteiger partial charge on any atom is -0.336 e. The third-order valence-electron chi connectivity index (χ3n) is 4.52. The highest BCUT2D eigenvalue weighted by molar-refractivity contribution is 7.91. The predicted octanol–water partition coefficient (Wildman–Crippen LogP) is 1.11. The van der Waals surface area contributed by atoms with Crippen LogP contribution in [0.5, 0.6) is 0 Å². The van der Waals surface area contributed by atoms with Crippen LogP contribution >= 0.6 is 11.3 Å². The van der Waals surface area contributed by atoms with Gasteiger partial charge in [0.15, 0.2) is 4.21 Å². The zero-order valence-corrected chi connectivity index (χ0v) is 16.8. The first-order chi connectivity index (χ1) is 13.1. The Morgan fingerprint density at radius 1 is 1.21 bits per heavy atom. The molecule has 2 aromatic rings. The number of rotatable bonds is 4. The van der Waals surface area contributed by atoms with E-state index in [0.717, 1.165) is 0 Å². The molecule has 0 aliphatic carbocycles. The molecule has 28 heavy (non-hydrogen) atoms. The number of benzene rings is 1. The molecule has 0 radical (unpaired) electrons. The number of nitro groups is 1. The average Bonchev–Trinajstić information content (AvgIpc) is 2.99. The number of piperazine rings is 1. The minimum atomic E-state index is -3.80. The molecule has 0 atom stereocenters. The number of aromatic amines is 1. The van der Waals surface area contributed by atoms with Crippen LogP contribution in [0, 0.1) is 24.0 Å². The highest BCUT2D eigenvalue weighted by Gasteiger charge is 2.33. The molecule has 1 aromatic carbocycles. The van der Waals surface area contributed by atoms with Crippen molar-refractivity contribution in [3.05, 3.63) is 54.8 Å². The Balaban J connectivity index is 1.72. The number of carbonyl (C=O) groups excluding carboxylic acids is 1. The van der Waals surface area contributed by atoms with Gasteiger partial charge in [0.2, 0.25) is 0 Å². The number of carbonyl (C=O) groups is 1. The number of hydrogen-bond acceptors (Lipinski definition) is 7. The van der Waals surface area contributed by atoms with Crippen LogP contribution in [0.1, 0.15) is 21.6 Å². The normalized spacial score (nSPS) is 15.6. The van der Waals surface area contributed by atoms with Crippen LogP contribution in [-0.2, 0) is 10.0 Å². The average molecular weight is 426 g/mol. The Morgan fingerprint density at radius 2 is 1.86 bits per heavy atom. The summed E-state index contributed by atoms with van der Waals surface area (Å²) in [7, 11) is -3.80. The molecule has 1 amide bonds. The summed E-state index contributed by atoms with van der Waals surface area (Å²) in [5.74, 6) is -0.308. The van der Waals surface area contributed by atoms with Crippen molar-refractivity contribution in [3.8, 4) is 0 Å².